The van der Waals surface area contributed by atoms with Gasteiger partial charge in [-0.3, -0.25) is 9.59 Å². The predicted octanol–water partition coefficient (Wildman–Crippen LogP) is 0.982. The number of hydrogen-bond acceptors (Lipinski definition) is 6. The Balaban J connectivity index is 1.96. The molecule has 1 saturated heterocycles. The van der Waals surface area contributed by atoms with Crippen molar-refractivity contribution in [2.45, 2.75) is 22.3 Å². The third-order valence-electron chi connectivity index (χ3n) is 4.62. The van der Waals surface area contributed by atoms with Crippen molar-refractivity contribution in [3.63, 3.8) is 0 Å². The van der Waals surface area contributed by atoms with E-state index in [2.05, 4.69) is 6.58 Å². The largest absolute Gasteiger partial charge is 0.274 e. The normalized spacial score (nSPS) is 17.4. The van der Waals surface area contributed by atoms with Gasteiger partial charge in [0, 0.05) is 6.54 Å². The number of imide groups is 1. The Kier molecular flexibility index (Phi) is 6.09. The van der Waals surface area contributed by atoms with Crippen LogP contribution in [0.4, 0.5) is 10.1 Å². The fourth-order valence-corrected chi connectivity index (χ4v) is 5.23. The summed E-state index contributed by atoms with van der Waals surface area (Å²) in [4.78, 5) is 25.9. The number of carbonyl (C=O) groups excluding carboxylic acids is 2. The Morgan fingerprint density at radius 1 is 1.03 bits per heavy atom. The second kappa shape index (κ2) is 8.30. The fourth-order valence-electron chi connectivity index (χ4n) is 3.16. The smallest absolute Gasteiger partial charge is 0.252 e. The molecular weight excluding hydrogens is 449 g/mol. The lowest BCUT2D eigenvalue weighted by Gasteiger charge is -2.25. The van der Waals surface area contributed by atoms with Crippen molar-refractivity contribution in [1.82, 2.24) is 4.31 Å². The van der Waals surface area contributed by atoms with Gasteiger partial charge >= 0.3 is 0 Å². The first-order chi connectivity index (χ1) is 14.5. The van der Waals surface area contributed by atoms with Crippen molar-refractivity contribution >= 4 is 37.5 Å². The molecule has 1 fully saturated rings. The van der Waals surface area contributed by atoms with Gasteiger partial charge < -0.3 is 0 Å². The molecule has 1 unspecified atom stereocenters. The van der Waals surface area contributed by atoms with Gasteiger partial charge in [0.1, 0.15) is 11.9 Å². The van der Waals surface area contributed by atoms with Gasteiger partial charge in [0.05, 0.1) is 21.9 Å². The van der Waals surface area contributed by atoms with Gasteiger partial charge in [0.2, 0.25) is 26.0 Å². The van der Waals surface area contributed by atoms with Gasteiger partial charge in [-0.2, -0.15) is 4.31 Å². The van der Waals surface area contributed by atoms with Crippen LogP contribution in [0, 0.1) is 5.82 Å². The molecule has 12 heteroatoms. The molecule has 0 saturated carbocycles. The lowest BCUT2D eigenvalue weighted by molar-refractivity contribution is -0.122. The summed E-state index contributed by atoms with van der Waals surface area (Å²) >= 11 is 0. The zero-order chi connectivity index (χ0) is 23.0. The number of sulfonamides is 2. The molecule has 0 bridgehead atoms. The van der Waals surface area contributed by atoms with Gasteiger partial charge in [-0.1, -0.05) is 6.08 Å². The molecular formula is C19H18FN3O6S2. The van der Waals surface area contributed by atoms with E-state index in [1.165, 1.54) is 18.2 Å². The van der Waals surface area contributed by atoms with E-state index in [0.717, 1.165) is 45.6 Å². The SMILES string of the molecule is C=CCN(C1CC(=O)N(c2ccc(S(N)(=O)=O)cc2)C1=O)S(=O)(=O)c1ccc(F)cc1. The molecule has 3 rings (SSSR count). The van der Waals surface area contributed by atoms with Gasteiger partial charge in [-0.25, -0.2) is 31.3 Å². The van der Waals surface area contributed by atoms with E-state index in [1.807, 2.05) is 0 Å². The maximum Gasteiger partial charge on any atom is 0.252 e. The predicted molar refractivity (Wildman–Crippen MR) is 109 cm³/mol. The van der Waals surface area contributed by atoms with Crippen LogP contribution in [0.25, 0.3) is 0 Å². The quantitative estimate of drug-likeness (QED) is 0.476. The molecule has 0 radical (unpaired) electrons. The minimum absolute atomic E-state index is 0.0719. The number of primary sulfonamides is 1. The fraction of sp³-hybridized carbons (Fsp3) is 0.158. The minimum Gasteiger partial charge on any atom is -0.274 e. The summed E-state index contributed by atoms with van der Waals surface area (Å²) in [5.74, 6) is -2.10. The first-order valence-electron chi connectivity index (χ1n) is 8.85. The molecule has 2 aromatic carbocycles. The molecule has 0 aliphatic carbocycles. The zero-order valence-electron chi connectivity index (χ0n) is 16.0. The van der Waals surface area contributed by atoms with Gasteiger partial charge in [-0.15, -0.1) is 6.58 Å². The highest BCUT2D eigenvalue weighted by Gasteiger charge is 2.46. The van der Waals surface area contributed by atoms with Crippen LogP contribution in [0.5, 0.6) is 0 Å². The summed E-state index contributed by atoms with van der Waals surface area (Å²) in [6.07, 6.45) is 0.840. The van der Waals surface area contributed by atoms with E-state index in [0.29, 0.717) is 0 Å². The van der Waals surface area contributed by atoms with Crippen LogP contribution in [0.3, 0.4) is 0 Å². The molecule has 31 heavy (non-hydrogen) atoms. The highest BCUT2D eigenvalue weighted by molar-refractivity contribution is 7.89. The van der Waals surface area contributed by atoms with Crippen LogP contribution < -0.4 is 10.0 Å². The Bertz CT molecular complexity index is 1240. The number of nitrogens with two attached hydrogens (primary N) is 1. The molecule has 164 valence electrons. The number of amides is 2. The summed E-state index contributed by atoms with van der Waals surface area (Å²) in [6, 6.07) is 7.44. The molecule has 2 N–H and O–H groups in total. The Labute approximate surface area is 178 Å². The van der Waals surface area contributed by atoms with E-state index < -0.39 is 50.1 Å². The summed E-state index contributed by atoms with van der Waals surface area (Å²) in [5.41, 5.74) is 0.0719. The molecule has 9 nitrogen and oxygen atoms in total. The average molecular weight is 468 g/mol. The van der Waals surface area contributed by atoms with E-state index in [9.17, 15) is 30.8 Å². The standard InChI is InChI=1S/C19H18FN3O6S2/c1-2-11-22(31(28,29)16-7-3-13(20)4-8-16)17-12-18(24)23(19(17)25)14-5-9-15(10-6-14)30(21,26)27/h2-10,17H,1,11-12H2,(H2,21,26,27). The summed E-state index contributed by atoms with van der Waals surface area (Å²) in [5, 5.41) is 5.04. The highest BCUT2D eigenvalue weighted by atomic mass is 32.2. The van der Waals surface area contributed by atoms with Crippen LogP contribution in [0.1, 0.15) is 6.42 Å². The number of benzene rings is 2. The van der Waals surface area contributed by atoms with E-state index in [4.69, 9.17) is 5.14 Å². The number of rotatable bonds is 7. The van der Waals surface area contributed by atoms with Crippen LogP contribution in [0.2, 0.25) is 0 Å². The summed E-state index contributed by atoms with van der Waals surface area (Å²) in [7, 11) is -8.22. The molecule has 2 aromatic rings. The molecule has 0 spiro atoms. The monoisotopic (exact) mass is 467 g/mol. The zero-order valence-corrected chi connectivity index (χ0v) is 17.6. The van der Waals surface area contributed by atoms with Crippen molar-refractivity contribution in [2.75, 3.05) is 11.4 Å². The number of carbonyl (C=O) groups is 2. The van der Waals surface area contributed by atoms with E-state index in [-0.39, 0.29) is 22.0 Å². The summed E-state index contributed by atoms with van der Waals surface area (Å²) < 4.78 is 63.0. The second-order valence-electron chi connectivity index (χ2n) is 6.64. The van der Waals surface area contributed by atoms with Gasteiger partial charge in [-0.05, 0) is 48.5 Å². The third kappa shape index (κ3) is 4.42. The Hall–Kier alpha value is -2.93. The number of hydrogen-bond donors (Lipinski definition) is 1. The first kappa shape index (κ1) is 22.7. The maximum absolute atomic E-state index is 13.2. The number of halogens is 1. The van der Waals surface area contributed by atoms with Crippen LogP contribution in [-0.2, 0) is 29.6 Å². The van der Waals surface area contributed by atoms with Crippen LogP contribution >= 0.6 is 0 Å². The molecule has 2 amide bonds. The second-order valence-corrected chi connectivity index (χ2v) is 10.1. The van der Waals surface area contributed by atoms with Gasteiger partial charge in [0.15, 0.2) is 0 Å². The lowest BCUT2D eigenvalue weighted by atomic mass is 10.2. The topological polar surface area (TPSA) is 135 Å². The van der Waals surface area contributed by atoms with E-state index in [1.54, 1.807) is 0 Å². The maximum atomic E-state index is 13.2. The molecule has 1 heterocycles. The van der Waals surface area contributed by atoms with Crippen molar-refractivity contribution in [1.29, 1.82) is 0 Å². The molecule has 1 atom stereocenters. The lowest BCUT2D eigenvalue weighted by Crippen LogP contribution is -2.45. The van der Waals surface area contributed by atoms with Crippen molar-refractivity contribution in [3.8, 4) is 0 Å². The van der Waals surface area contributed by atoms with Gasteiger partial charge in [0.25, 0.3) is 5.91 Å². The summed E-state index contributed by atoms with van der Waals surface area (Å²) in [6.45, 7) is 3.24. The molecule has 1 aliphatic rings. The van der Waals surface area contributed by atoms with E-state index >= 15 is 0 Å². The Morgan fingerprint density at radius 3 is 2.10 bits per heavy atom. The van der Waals surface area contributed by atoms with Crippen molar-refractivity contribution < 1.29 is 30.8 Å². The Morgan fingerprint density at radius 2 is 1.58 bits per heavy atom. The first-order valence-corrected chi connectivity index (χ1v) is 11.8. The van der Waals surface area contributed by atoms with Crippen molar-refractivity contribution in [2.24, 2.45) is 5.14 Å². The van der Waals surface area contributed by atoms with Crippen LogP contribution in [-0.4, -0.2) is 45.5 Å². The number of anilines is 1. The average Bonchev–Trinajstić information content (AvgIpc) is 2.99. The van der Waals surface area contributed by atoms with Crippen LogP contribution in [0.15, 0.2) is 71.0 Å². The molecule has 0 aromatic heterocycles. The minimum atomic E-state index is -4.25. The molecule has 1 aliphatic heterocycles. The third-order valence-corrected chi connectivity index (χ3v) is 7.44. The highest BCUT2D eigenvalue weighted by Crippen LogP contribution is 2.29. The van der Waals surface area contributed by atoms with Crippen molar-refractivity contribution in [3.05, 3.63) is 67.0 Å². The number of nitrogens with zero attached hydrogens (tertiary/aromatic N) is 2.